The van der Waals surface area contributed by atoms with Crippen LogP contribution in [0.25, 0.3) is 5.76 Å². The molecule has 0 saturated carbocycles. The minimum atomic E-state index is -2.11. The Bertz CT molecular complexity index is 970. The van der Waals surface area contributed by atoms with Gasteiger partial charge in [0.1, 0.15) is 11.8 Å². The number of rotatable bonds is 6. The first kappa shape index (κ1) is 20.8. The average molecular weight is 412 g/mol. The standard InChI is InChI=1S/C21H20N2O7/c1-22(15-9-11-16(12-10-15)23(26)27)18-13-17(14-7-5-4-6-8-14)30-21(18,19(24)28-2)20(25)29-3/h4-13,18H,1-3H3. The van der Waals surface area contributed by atoms with Crippen LogP contribution in [0, 0.1) is 10.1 Å². The number of non-ortho nitro benzene ring substituents is 1. The van der Waals surface area contributed by atoms with Crippen molar-refractivity contribution in [1.29, 1.82) is 0 Å². The molecule has 0 aromatic heterocycles. The molecular formula is C21H20N2O7. The first-order valence-electron chi connectivity index (χ1n) is 8.95. The number of ether oxygens (including phenoxy) is 3. The summed E-state index contributed by atoms with van der Waals surface area (Å²) in [5.74, 6) is -1.53. The molecule has 9 nitrogen and oxygen atoms in total. The fourth-order valence-electron chi connectivity index (χ4n) is 3.35. The van der Waals surface area contributed by atoms with E-state index in [4.69, 9.17) is 14.2 Å². The van der Waals surface area contributed by atoms with Gasteiger partial charge in [0, 0.05) is 30.4 Å². The van der Waals surface area contributed by atoms with Crippen LogP contribution in [0.15, 0.2) is 60.7 Å². The molecule has 0 aliphatic carbocycles. The maximum Gasteiger partial charge on any atom is 0.364 e. The van der Waals surface area contributed by atoms with Crippen LogP contribution in [0.1, 0.15) is 5.56 Å². The highest BCUT2D eigenvalue weighted by atomic mass is 16.6. The van der Waals surface area contributed by atoms with Crippen molar-refractivity contribution in [3.05, 3.63) is 76.4 Å². The molecule has 156 valence electrons. The summed E-state index contributed by atoms with van der Waals surface area (Å²) < 4.78 is 15.7. The van der Waals surface area contributed by atoms with E-state index >= 15 is 0 Å². The Morgan fingerprint density at radius 3 is 2.10 bits per heavy atom. The Kier molecular flexibility index (Phi) is 5.72. The number of esters is 2. The molecule has 3 rings (SSSR count). The summed E-state index contributed by atoms with van der Waals surface area (Å²) in [7, 11) is 3.94. The number of nitrogens with zero attached hydrogens (tertiary/aromatic N) is 2. The highest BCUT2D eigenvalue weighted by Crippen LogP contribution is 2.40. The molecule has 0 bridgehead atoms. The van der Waals surface area contributed by atoms with Crippen molar-refractivity contribution < 1.29 is 28.7 Å². The molecule has 9 heteroatoms. The van der Waals surface area contributed by atoms with Gasteiger partial charge in [-0.25, -0.2) is 9.59 Å². The minimum absolute atomic E-state index is 0.0810. The van der Waals surface area contributed by atoms with Crippen molar-refractivity contribution in [2.75, 3.05) is 26.2 Å². The molecule has 1 unspecified atom stereocenters. The molecule has 0 saturated heterocycles. The number of likely N-dealkylation sites (N-methyl/N-ethyl adjacent to an activating group) is 1. The van der Waals surface area contributed by atoms with Gasteiger partial charge in [0.15, 0.2) is 0 Å². The second kappa shape index (κ2) is 8.24. The summed E-state index contributed by atoms with van der Waals surface area (Å²) in [6, 6.07) is 13.7. The summed E-state index contributed by atoms with van der Waals surface area (Å²) >= 11 is 0. The van der Waals surface area contributed by atoms with Crippen molar-refractivity contribution in [2.45, 2.75) is 11.6 Å². The predicted molar refractivity (Wildman–Crippen MR) is 108 cm³/mol. The van der Waals surface area contributed by atoms with Crippen molar-refractivity contribution in [1.82, 2.24) is 0 Å². The van der Waals surface area contributed by atoms with Gasteiger partial charge in [-0.3, -0.25) is 10.1 Å². The second-order valence-corrected chi connectivity index (χ2v) is 6.55. The van der Waals surface area contributed by atoms with Crippen LogP contribution in [0.3, 0.4) is 0 Å². The van der Waals surface area contributed by atoms with Crippen LogP contribution < -0.4 is 4.90 Å². The number of carbonyl (C=O) groups is 2. The van der Waals surface area contributed by atoms with E-state index in [1.807, 2.05) is 6.07 Å². The van der Waals surface area contributed by atoms with Gasteiger partial charge in [0.2, 0.25) is 0 Å². The molecule has 0 amide bonds. The van der Waals surface area contributed by atoms with Gasteiger partial charge < -0.3 is 19.1 Å². The fourth-order valence-corrected chi connectivity index (χ4v) is 3.35. The molecule has 2 aromatic rings. The van der Waals surface area contributed by atoms with Gasteiger partial charge in [0.25, 0.3) is 5.69 Å². The third kappa shape index (κ3) is 3.45. The van der Waals surface area contributed by atoms with Gasteiger partial charge in [-0.2, -0.15) is 0 Å². The van der Waals surface area contributed by atoms with Gasteiger partial charge >= 0.3 is 17.5 Å². The largest absolute Gasteiger partial charge is 0.466 e. The van der Waals surface area contributed by atoms with E-state index in [-0.39, 0.29) is 5.69 Å². The number of hydrogen-bond acceptors (Lipinski definition) is 8. The Morgan fingerprint density at radius 2 is 1.60 bits per heavy atom. The molecule has 0 N–H and O–H groups in total. The fraction of sp³-hybridized carbons (Fsp3) is 0.238. The lowest BCUT2D eigenvalue weighted by Crippen LogP contribution is -2.60. The van der Waals surface area contributed by atoms with Crippen molar-refractivity contribution in [3.63, 3.8) is 0 Å². The molecule has 1 heterocycles. The molecule has 1 atom stereocenters. The number of methoxy groups -OCH3 is 2. The van der Waals surface area contributed by atoms with Crippen LogP contribution in [0.5, 0.6) is 0 Å². The predicted octanol–water partition coefficient (Wildman–Crippen LogP) is 2.56. The molecule has 0 spiro atoms. The van der Waals surface area contributed by atoms with Gasteiger partial charge in [-0.15, -0.1) is 0 Å². The summed E-state index contributed by atoms with van der Waals surface area (Å²) in [4.78, 5) is 37.6. The summed E-state index contributed by atoms with van der Waals surface area (Å²) in [5, 5.41) is 10.9. The summed E-state index contributed by atoms with van der Waals surface area (Å²) in [6.07, 6.45) is 1.63. The van der Waals surface area contributed by atoms with Crippen LogP contribution in [-0.4, -0.2) is 49.8 Å². The van der Waals surface area contributed by atoms with Crippen LogP contribution in [0.4, 0.5) is 11.4 Å². The van der Waals surface area contributed by atoms with Crippen LogP contribution in [-0.2, 0) is 23.8 Å². The zero-order valence-corrected chi connectivity index (χ0v) is 16.6. The van der Waals surface area contributed by atoms with E-state index in [1.54, 1.807) is 42.3 Å². The number of carbonyl (C=O) groups excluding carboxylic acids is 2. The maximum atomic E-state index is 12.8. The van der Waals surface area contributed by atoms with Crippen LogP contribution >= 0.6 is 0 Å². The highest BCUT2D eigenvalue weighted by molar-refractivity contribution is 6.07. The summed E-state index contributed by atoms with van der Waals surface area (Å²) in [6.45, 7) is 0. The van der Waals surface area contributed by atoms with Gasteiger partial charge in [-0.05, 0) is 18.2 Å². The maximum absolute atomic E-state index is 12.8. The quantitative estimate of drug-likeness (QED) is 0.308. The monoisotopic (exact) mass is 412 g/mol. The third-order valence-corrected chi connectivity index (χ3v) is 4.92. The first-order chi connectivity index (χ1) is 14.3. The highest BCUT2D eigenvalue weighted by Gasteiger charge is 2.62. The smallest absolute Gasteiger partial charge is 0.364 e. The third-order valence-electron chi connectivity index (χ3n) is 4.92. The summed E-state index contributed by atoms with van der Waals surface area (Å²) in [5.41, 5.74) is -1.00. The molecule has 1 aliphatic rings. The molecule has 0 fully saturated rings. The minimum Gasteiger partial charge on any atom is -0.466 e. The normalized spacial score (nSPS) is 16.8. The van der Waals surface area contributed by atoms with Gasteiger partial charge in [0.05, 0.1) is 19.1 Å². The molecule has 1 aliphatic heterocycles. The first-order valence-corrected chi connectivity index (χ1v) is 8.95. The Morgan fingerprint density at radius 1 is 1.03 bits per heavy atom. The zero-order valence-electron chi connectivity index (χ0n) is 16.6. The lowest BCUT2D eigenvalue weighted by atomic mass is 9.93. The number of nitro groups is 1. The van der Waals surface area contributed by atoms with Crippen molar-refractivity contribution >= 4 is 29.1 Å². The van der Waals surface area contributed by atoms with E-state index in [0.717, 1.165) is 14.2 Å². The lowest BCUT2D eigenvalue weighted by Gasteiger charge is -2.35. The van der Waals surface area contributed by atoms with Crippen molar-refractivity contribution in [3.8, 4) is 0 Å². The molecule has 30 heavy (non-hydrogen) atoms. The number of nitro benzene ring substituents is 1. The second-order valence-electron chi connectivity index (χ2n) is 6.55. The molecule has 2 aromatic carbocycles. The Labute approximate surface area is 172 Å². The SMILES string of the molecule is COC(=O)C1(C(=O)OC)OC(c2ccccc2)=CC1N(C)c1ccc([N+](=O)[O-])cc1. The Hall–Kier alpha value is -3.88. The zero-order chi connectivity index (χ0) is 21.9. The molecular weight excluding hydrogens is 392 g/mol. The number of hydrogen-bond donors (Lipinski definition) is 0. The average Bonchev–Trinajstić information content (AvgIpc) is 3.20. The van der Waals surface area contributed by atoms with E-state index in [2.05, 4.69) is 0 Å². The molecule has 0 radical (unpaired) electrons. The Balaban J connectivity index is 2.10. The topological polar surface area (TPSA) is 108 Å². The van der Waals surface area contributed by atoms with E-state index in [0.29, 0.717) is 17.0 Å². The van der Waals surface area contributed by atoms with Gasteiger partial charge in [-0.1, -0.05) is 30.3 Å². The van der Waals surface area contributed by atoms with E-state index in [1.165, 1.54) is 24.3 Å². The number of anilines is 1. The lowest BCUT2D eigenvalue weighted by molar-refractivity contribution is -0.384. The van der Waals surface area contributed by atoms with E-state index < -0.39 is 28.5 Å². The van der Waals surface area contributed by atoms with Crippen molar-refractivity contribution in [2.24, 2.45) is 0 Å². The van der Waals surface area contributed by atoms with Crippen LogP contribution in [0.2, 0.25) is 0 Å². The number of benzene rings is 2. The van der Waals surface area contributed by atoms with E-state index in [9.17, 15) is 19.7 Å².